The quantitative estimate of drug-likeness (QED) is 0.520. The van der Waals surface area contributed by atoms with Crippen molar-refractivity contribution in [1.29, 1.82) is 0 Å². The van der Waals surface area contributed by atoms with Crippen molar-refractivity contribution in [2.75, 3.05) is 0 Å². The molecule has 0 saturated heterocycles. The van der Waals surface area contributed by atoms with Crippen molar-refractivity contribution in [1.82, 2.24) is 19.7 Å². The summed E-state index contributed by atoms with van der Waals surface area (Å²) < 4.78 is 7.29. The molecular formula is C23H20N4O4. The fourth-order valence-corrected chi connectivity index (χ4v) is 3.07. The Morgan fingerprint density at radius 3 is 2.42 bits per heavy atom. The van der Waals surface area contributed by atoms with E-state index in [0.29, 0.717) is 11.4 Å². The normalized spacial score (nSPS) is 10.7. The van der Waals surface area contributed by atoms with E-state index >= 15 is 0 Å². The summed E-state index contributed by atoms with van der Waals surface area (Å²) in [6.07, 6.45) is 1.49. The first-order valence-corrected chi connectivity index (χ1v) is 9.68. The van der Waals surface area contributed by atoms with Crippen LogP contribution in [0.1, 0.15) is 27.4 Å². The van der Waals surface area contributed by atoms with Gasteiger partial charge in [0.15, 0.2) is 0 Å². The summed E-state index contributed by atoms with van der Waals surface area (Å²) in [6.45, 7) is 2.06. The Morgan fingerprint density at radius 2 is 1.74 bits per heavy atom. The lowest BCUT2D eigenvalue weighted by Crippen LogP contribution is -2.46. The first-order valence-electron chi connectivity index (χ1n) is 9.68. The number of hydrogen-bond acceptors (Lipinski definition) is 5. The molecule has 2 aromatic heterocycles. The monoisotopic (exact) mass is 416 g/mol. The molecule has 8 heteroatoms. The van der Waals surface area contributed by atoms with E-state index in [9.17, 15) is 14.4 Å². The number of aromatic nitrogens is 3. The topological polar surface area (TPSA) is 99.1 Å². The maximum Gasteiger partial charge on any atom is 0.352 e. The van der Waals surface area contributed by atoms with Crippen LogP contribution in [0.4, 0.5) is 0 Å². The number of furan rings is 1. The number of rotatable bonds is 6. The zero-order chi connectivity index (χ0) is 21.8. The molecule has 0 unspecified atom stereocenters. The maximum atomic E-state index is 13.1. The lowest BCUT2D eigenvalue weighted by atomic mass is 10.1. The predicted octanol–water partition coefficient (Wildman–Crippen LogP) is 2.27. The number of hydrogen-bond donors (Lipinski definition) is 1. The van der Waals surface area contributed by atoms with Crippen molar-refractivity contribution < 1.29 is 9.21 Å². The molecule has 0 spiro atoms. The van der Waals surface area contributed by atoms with Crippen molar-refractivity contribution in [3.8, 4) is 5.69 Å². The first-order chi connectivity index (χ1) is 15.0. The molecule has 0 aliphatic carbocycles. The summed E-state index contributed by atoms with van der Waals surface area (Å²) in [5, 5.41) is 6.70. The first kappa shape index (κ1) is 20.1. The maximum absolute atomic E-state index is 13.1. The number of nitrogens with zero attached hydrogens (tertiary/aromatic N) is 3. The van der Waals surface area contributed by atoms with Crippen molar-refractivity contribution in [3.05, 3.63) is 116 Å². The zero-order valence-electron chi connectivity index (χ0n) is 16.8. The number of aryl methyl sites for hydroxylation is 1. The Labute approximate surface area is 177 Å². The van der Waals surface area contributed by atoms with E-state index < -0.39 is 17.2 Å². The number of para-hydroxylation sites is 1. The molecule has 156 valence electrons. The Hall–Kier alpha value is -4.20. The Bertz CT molecular complexity index is 1300. The SMILES string of the molecule is Cc1ccc(Cn2c(=O)c(C(=O)NCc3ccco3)nn(-c3ccccc3)c2=O)cc1. The molecule has 4 rings (SSSR count). The van der Waals surface area contributed by atoms with Crippen LogP contribution in [0.5, 0.6) is 0 Å². The van der Waals surface area contributed by atoms with Crippen molar-refractivity contribution >= 4 is 5.91 Å². The van der Waals surface area contributed by atoms with Gasteiger partial charge in [-0.3, -0.25) is 14.2 Å². The summed E-state index contributed by atoms with van der Waals surface area (Å²) in [7, 11) is 0. The van der Waals surface area contributed by atoms with Crippen LogP contribution in [0.25, 0.3) is 5.69 Å². The average molecular weight is 416 g/mol. The summed E-state index contributed by atoms with van der Waals surface area (Å²) in [5.74, 6) is -0.159. The molecule has 0 fully saturated rings. The van der Waals surface area contributed by atoms with Crippen LogP contribution >= 0.6 is 0 Å². The highest BCUT2D eigenvalue weighted by molar-refractivity contribution is 5.91. The van der Waals surface area contributed by atoms with E-state index in [2.05, 4.69) is 10.4 Å². The number of benzene rings is 2. The second-order valence-electron chi connectivity index (χ2n) is 7.02. The largest absolute Gasteiger partial charge is 0.467 e. The molecule has 8 nitrogen and oxygen atoms in total. The van der Waals surface area contributed by atoms with Gasteiger partial charge in [0.2, 0.25) is 5.69 Å². The van der Waals surface area contributed by atoms with E-state index in [-0.39, 0.29) is 18.8 Å². The summed E-state index contributed by atoms with van der Waals surface area (Å²) >= 11 is 0. The second kappa shape index (κ2) is 8.66. The summed E-state index contributed by atoms with van der Waals surface area (Å²) in [6, 6.07) is 19.5. The molecule has 0 bridgehead atoms. The fraction of sp³-hybridized carbons (Fsp3) is 0.130. The molecule has 0 aliphatic rings. The van der Waals surface area contributed by atoms with Crippen LogP contribution in [0.2, 0.25) is 0 Å². The van der Waals surface area contributed by atoms with Crippen molar-refractivity contribution in [2.24, 2.45) is 0 Å². The minimum absolute atomic E-state index is 0.0196. The van der Waals surface area contributed by atoms with Crippen LogP contribution < -0.4 is 16.6 Å². The molecule has 0 atom stereocenters. The van der Waals surface area contributed by atoms with E-state index in [1.807, 2.05) is 31.2 Å². The standard InChI is InChI=1S/C23H20N4O4/c1-16-9-11-17(12-10-16)15-26-22(29)20(21(28)24-14-19-8-5-13-31-19)25-27(23(26)30)18-6-3-2-4-7-18/h2-13H,14-15H2,1H3,(H,24,28). The molecule has 1 N–H and O–H groups in total. The molecule has 0 saturated carbocycles. The van der Waals surface area contributed by atoms with E-state index in [4.69, 9.17) is 4.42 Å². The van der Waals surface area contributed by atoms with Gasteiger partial charge in [0.05, 0.1) is 25.0 Å². The van der Waals surface area contributed by atoms with Gasteiger partial charge in [-0.25, -0.2) is 4.79 Å². The van der Waals surface area contributed by atoms with Crippen molar-refractivity contribution in [2.45, 2.75) is 20.0 Å². The van der Waals surface area contributed by atoms with E-state index in [1.54, 1.807) is 42.5 Å². The number of amides is 1. The van der Waals surface area contributed by atoms with Gasteiger partial charge in [-0.15, -0.1) is 0 Å². The molecular weight excluding hydrogens is 396 g/mol. The molecule has 1 amide bonds. The van der Waals surface area contributed by atoms with E-state index in [0.717, 1.165) is 20.4 Å². The number of carbonyl (C=O) groups is 1. The third-order valence-electron chi connectivity index (χ3n) is 4.74. The molecule has 0 aliphatic heterocycles. The van der Waals surface area contributed by atoms with Crippen LogP contribution in [-0.4, -0.2) is 20.3 Å². The average Bonchev–Trinajstić information content (AvgIpc) is 3.31. The lowest BCUT2D eigenvalue weighted by molar-refractivity contribution is 0.0938. The zero-order valence-corrected chi connectivity index (χ0v) is 16.8. The van der Waals surface area contributed by atoms with Gasteiger partial charge in [0.25, 0.3) is 11.5 Å². The minimum atomic E-state index is -0.755. The third-order valence-corrected chi connectivity index (χ3v) is 4.74. The molecule has 0 radical (unpaired) electrons. The smallest absolute Gasteiger partial charge is 0.352 e. The Kier molecular flexibility index (Phi) is 5.61. The van der Waals surface area contributed by atoms with Gasteiger partial charge in [0, 0.05) is 0 Å². The third kappa shape index (κ3) is 4.37. The van der Waals surface area contributed by atoms with Crippen molar-refractivity contribution in [3.63, 3.8) is 0 Å². The van der Waals surface area contributed by atoms with Gasteiger partial charge >= 0.3 is 5.69 Å². The molecule has 31 heavy (non-hydrogen) atoms. The number of carbonyl (C=O) groups excluding carboxylic acids is 1. The summed E-state index contributed by atoms with van der Waals surface area (Å²) in [4.78, 5) is 38.9. The molecule has 2 aromatic carbocycles. The van der Waals surface area contributed by atoms with Gasteiger partial charge in [-0.2, -0.15) is 9.78 Å². The van der Waals surface area contributed by atoms with Crippen LogP contribution in [0.3, 0.4) is 0 Å². The fourth-order valence-electron chi connectivity index (χ4n) is 3.07. The minimum Gasteiger partial charge on any atom is -0.467 e. The summed E-state index contributed by atoms with van der Waals surface area (Å²) in [5.41, 5.74) is 0.518. The van der Waals surface area contributed by atoms with Crippen LogP contribution in [0, 0.1) is 6.92 Å². The number of nitrogens with one attached hydrogen (secondary N) is 1. The highest BCUT2D eigenvalue weighted by Crippen LogP contribution is 2.06. The molecule has 4 aromatic rings. The van der Waals surface area contributed by atoms with Gasteiger partial charge < -0.3 is 9.73 Å². The second-order valence-corrected chi connectivity index (χ2v) is 7.02. The Morgan fingerprint density at radius 1 is 1.00 bits per heavy atom. The lowest BCUT2D eigenvalue weighted by Gasteiger charge is -2.12. The predicted molar refractivity (Wildman–Crippen MR) is 114 cm³/mol. The highest BCUT2D eigenvalue weighted by Gasteiger charge is 2.20. The van der Waals surface area contributed by atoms with E-state index in [1.165, 1.54) is 6.26 Å². The van der Waals surface area contributed by atoms with Gasteiger partial charge in [-0.05, 0) is 36.8 Å². The van der Waals surface area contributed by atoms with Gasteiger partial charge in [-0.1, -0.05) is 48.0 Å². The van der Waals surface area contributed by atoms with Crippen LogP contribution in [0.15, 0.2) is 87.0 Å². The van der Waals surface area contributed by atoms with Crippen LogP contribution in [-0.2, 0) is 13.1 Å². The van der Waals surface area contributed by atoms with Gasteiger partial charge in [0.1, 0.15) is 5.76 Å². The molecule has 2 heterocycles. The Balaban J connectivity index is 1.78. The highest BCUT2D eigenvalue weighted by atomic mass is 16.3.